The highest BCUT2D eigenvalue weighted by Gasteiger charge is 2.06. The van der Waals surface area contributed by atoms with Crippen LogP contribution in [0, 0.1) is 11.8 Å². The Bertz CT molecular complexity index is 269. The fourth-order valence-corrected chi connectivity index (χ4v) is 3.71. The van der Waals surface area contributed by atoms with Crippen LogP contribution in [-0.4, -0.2) is 7.85 Å². The SMILES string of the molecule is [2H]C(CC)CCCCC(C)CCCCC([B])CCCCC(C)CCC. The fraction of sp³-hybridized carbons (Fsp3) is 1.00. The second-order valence-corrected chi connectivity index (χ2v) is 8.31. The molecule has 0 aliphatic heterocycles. The first-order valence-electron chi connectivity index (χ1n) is 11.7. The Hall–Kier alpha value is 0.0649. The number of hydrogen-bond donors (Lipinski definition) is 0. The Kier molecular flexibility index (Phi) is 16.5. The summed E-state index contributed by atoms with van der Waals surface area (Å²) < 4.78 is 7.77. The first-order chi connectivity index (χ1) is 12.0. The summed E-state index contributed by atoms with van der Waals surface area (Å²) in [6.07, 6.45) is 19.4. The zero-order valence-electron chi connectivity index (χ0n) is 18.5. The van der Waals surface area contributed by atoms with E-state index in [1.807, 2.05) is 0 Å². The molecule has 0 saturated carbocycles. The summed E-state index contributed by atoms with van der Waals surface area (Å²) >= 11 is 0. The standard InChI is InChI=1S/C23H47B/c1-5-7-8-9-10-16-22(4)18-12-14-20-23(24)19-13-11-17-21(3)15-6-2/h21-23H,5-20H2,1-4H3/i7D. The van der Waals surface area contributed by atoms with Gasteiger partial charge in [-0.25, -0.2) is 0 Å². The van der Waals surface area contributed by atoms with E-state index in [4.69, 9.17) is 9.22 Å². The van der Waals surface area contributed by atoms with Crippen molar-refractivity contribution < 1.29 is 1.37 Å². The molecule has 0 aromatic carbocycles. The second kappa shape index (κ2) is 17.9. The fourth-order valence-electron chi connectivity index (χ4n) is 3.71. The summed E-state index contributed by atoms with van der Waals surface area (Å²) in [5.74, 6) is 2.18. The van der Waals surface area contributed by atoms with E-state index >= 15 is 0 Å². The van der Waals surface area contributed by atoms with Crippen molar-refractivity contribution in [3.63, 3.8) is 0 Å². The van der Waals surface area contributed by atoms with Crippen LogP contribution in [0.3, 0.4) is 0 Å². The third-order valence-electron chi connectivity index (χ3n) is 5.47. The van der Waals surface area contributed by atoms with Gasteiger partial charge < -0.3 is 0 Å². The van der Waals surface area contributed by atoms with Crippen LogP contribution < -0.4 is 0 Å². The second-order valence-electron chi connectivity index (χ2n) is 8.31. The monoisotopic (exact) mass is 335 g/mol. The number of hydrogen-bond acceptors (Lipinski definition) is 0. The van der Waals surface area contributed by atoms with E-state index in [0.717, 1.165) is 24.7 Å². The van der Waals surface area contributed by atoms with Gasteiger partial charge in [0.15, 0.2) is 0 Å². The van der Waals surface area contributed by atoms with Gasteiger partial charge in [0.2, 0.25) is 0 Å². The maximum atomic E-state index is 7.77. The average molecular weight is 335 g/mol. The van der Waals surface area contributed by atoms with Gasteiger partial charge in [0, 0.05) is 1.37 Å². The van der Waals surface area contributed by atoms with Crippen LogP contribution in [-0.2, 0) is 0 Å². The Morgan fingerprint density at radius 1 is 0.625 bits per heavy atom. The van der Waals surface area contributed by atoms with Crippen molar-refractivity contribution in [2.45, 2.75) is 136 Å². The molecule has 0 aliphatic rings. The van der Waals surface area contributed by atoms with Crippen LogP contribution in [0.2, 0.25) is 5.82 Å². The van der Waals surface area contributed by atoms with Crippen molar-refractivity contribution in [2.75, 3.05) is 0 Å². The maximum Gasteiger partial charge on any atom is 0.0699 e. The van der Waals surface area contributed by atoms with E-state index in [1.165, 1.54) is 83.5 Å². The molecule has 0 rings (SSSR count). The largest absolute Gasteiger partial charge is 0.0774 e. The molecule has 0 bridgehead atoms. The molecule has 0 saturated heterocycles. The minimum absolute atomic E-state index is 0.173. The zero-order chi connectivity index (χ0) is 18.9. The predicted octanol–water partition coefficient (Wildman–Crippen LogP) is 8.50. The quantitative estimate of drug-likeness (QED) is 0.174. The number of rotatable bonds is 18. The average Bonchev–Trinajstić information content (AvgIpc) is 2.59. The Morgan fingerprint density at radius 3 is 1.58 bits per heavy atom. The number of unbranched alkanes of at least 4 members (excludes halogenated alkanes) is 3. The highest BCUT2D eigenvalue weighted by atomic mass is 14.1. The van der Waals surface area contributed by atoms with Crippen molar-refractivity contribution in [1.29, 1.82) is 0 Å². The molecular weight excluding hydrogens is 287 g/mol. The van der Waals surface area contributed by atoms with Gasteiger partial charge in [-0.1, -0.05) is 136 Å². The zero-order valence-corrected chi connectivity index (χ0v) is 17.5. The first kappa shape index (κ1) is 22.1. The molecule has 4 unspecified atom stereocenters. The van der Waals surface area contributed by atoms with Crippen LogP contribution in [0.15, 0.2) is 0 Å². The van der Waals surface area contributed by atoms with Crippen molar-refractivity contribution in [3.8, 4) is 0 Å². The van der Waals surface area contributed by atoms with Crippen molar-refractivity contribution >= 4 is 7.85 Å². The molecule has 0 amide bonds. The van der Waals surface area contributed by atoms with Gasteiger partial charge in [0.05, 0.1) is 7.85 Å². The summed E-state index contributed by atoms with van der Waals surface area (Å²) in [5, 5.41) is 0. The van der Waals surface area contributed by atoms with Gasteiger partial charge in [-0.2, -0.15) is 0 Å². The molecule has 0 nitrogen and oxygen atoms in total. The van der Waals surface area contributed by atoms with Gasteiger partial charge in [-0.05, 0) is 11.8 Å². The summed E-state index contributed by atoms with van der Waals surface area (Å²) in [7, 11) is 6.29. The Morgan fingerprint density at radius 2 is 1.08 bits per heavy atom. The molecule has 142 valence electrons. The van der Waals surface area contributed by atoms with Gasteiger partial charge >= 0.3 is 0 Å². The molecule has 0 spiro atoms. The van der Waals surface area contributed by atoms with Crippen molar-refractivity contribution in [3.05, 3.63) is 0 Å². The topological polar surface area (TPSA) is 0 Å². The molecule has 0 aromatic rings. The molecule has 0 aromatic heterocycles. The lowest BCUT2D eigenvalue weighted by atomic mass is 9.78. The van der Waals surface area contributed by atoms with E-state index in [2.05, 4.69) is 27.7 Å². The molecule has 0 N–H and O–H groups in total. The summed E-state index contributed by atoms with van der Waals surface area (Å²) in [4.78, 5) is 0. The lowest BCUT2D eigenvalue weighted by Crippen LogP contribution is -1.98. The minimum Gasteiger partial charge on any atom is -0.0774 e. The van der Waals surface area contributed by atoms with Crippen LogP contribution in [0.1, 0.15) is 132 Å². The van der Waals surface area contributed by atoms with Crippen LogP contribution >= 0.6 is 0 Å². The highest BCUT2D eigenvalue weighted by Crippen LogP contribution is 2.23. The lowest BCUT2D eigenvalue weighted by molar-refractivity contribution is 0.428. The van der Waals surface area contributed by atoms with E-state index in [-0.39, 0.29) is 6.40 Å². The molecule has 4 atom stereocenters. The summed E-state index contributed by atoms with van der Waals surface area (Å²) in [6.45, 7) is 9.19. The molecule has 0 heterocycles. The molecule has 1 heteroatoms. The van der Waals surface area contributed by atoms with Gasteiger partial charge in [-0.3, -0.25) is 0 Å². The van der Waals surface area contributed by atoms with E-state index in [9.17, 15) is 0 Å². The smallest absolute Gasteiger partial charge is 0.0699 e. The molecule has 0 aliphatic carbocycles. The summed E-state index contributed by atoms with van der Waals surface area (Å²) in [5.41, 5.74) is 0. The normalized spacial score (nSPS) is 17.2. The molecule has 24 heavy (non-hydrogen) atoms. The minimum atomic E-state index is 0.173. The Balaban J connectivity index is 3.42. The van der Waals surface area contributed by atoms with Crippen LogP contribution in [0.5, 0.6) is 0 Å². The van der Waals surface area contributed by atoms with E-state index in [1.54, 1.807) is 0 Å². The maximum absolute atomic E-state index is 7.77. The Labute approximate surface area is 157 Å². The van der Waals surface area contributed by atoms with Crippen molar-refractivity contribution in [1.82, 2.24) is 0 Å². The third kappa shape index (κ3) is 16.9. The van der Waals surface area contributed by atoms with Gasteiger partial charge in [0.25, 0.3) is 0 Å². The van der Waals surface area contributed by atoms with Gasteiger partial charge in [0.1, 0.15) is 0 Å². The lowest BCUT2D eigenvalue weighted by Gasteiger charge is -2.14. The predicted molar refractivity (Wildman–Crippen MR) is 113 cm³/mol. The summed E-state index contributed by atoms with van der Waals surface area (Å²) in [6, 6.07) is 0. The van der Waals surface area contributed by atoms with Gasteiger partial charge in [-0.15, -0.1) is 0 Å². The van der Waals surface area contributed by atoms with E-state index in [0.29, 0.717) is 5.82 Å². The van der Waals surface area contributed by atoms with E-state index < -0.39 is 0 Å². The van der Waals surface area contributed by atoms with Crippen LogP contribution in [0.4, 0.5) is 0 Å². The van der Waals surface area contributed by atoms with Crippen LogP contribution in [0.25, 0.3) is 0 Å². The van der Waals surface area contributed by atoms with Crippen molar-refractivity contribution in [2.24, 2.45) is 11.8 Å². The third-order valence-corrected chi connectivity index (χ3v) is 5.47. The molecule has 0 fully saturated rings. The molecular formula is C23H47B. The first-order valence-corrected chi connectivity index (χ1v) is 11.2. The molecule has 2 radical (unpaired) electrons. The highest BCUT2D eigenvalue weighted by molar-refractivity contribution is 6.11.